The van der Waals surface area contributed by atoms with Crippen LogP contribution in [0.2, 0.25) is 0 Å². The van der Waals surface area contributed by atoms with Crippen LogP contribution in [0.4, 0.5) is 0 Å². The highest BCUT2D eigenvalue weighted by molar-refractivity contribution is 7.99. The van der Waals surface area contributed by atoms with E-state index in [1.807, 2.05) is 0 Å². The maximum atomic E-state index is 10.6. The van der Waals surface area contributed by atoms with Crippen LogP contribution in [-0.2, 0) is 28.6 Å². The number of carbonyl (C=O) groups excluding carboxylic acids is 3. The molecule has 0 atom stereocenters. The van der Waals surface area contributed by atoms with Gasteiger partial charge >= 0.3 is 17.9 Å². The van der Waals surface area contributed by atoms with Crippen LogP contribution in [-0.4, -0.2) is 56.5 Å². The maximum absolute atomic E-state index is 10.6. The summed E-state index contributed by atoms with van der Waals surface area (Å²) in [5.74, 6) is 1.30. The monoisotopic (exact) mass is 326 g/mol. The molecule has 0 aromatic heterocycles. The minimum absolute atomic E-state index is 0.199. The summed E-state index contributed by atoms with van der Waals surface area (Å²) >= 11 is 5.35. The van der Waals surface area contributed by atoms with E-state index < -0.39 is 0 Å². The molecular weight excluding hydrogens is 304 g/mol. The number of thiol groups is 1. The van der Waals surface area contributed by atoms with Crippen molar-refractivity contribution in [2.24, 2.45) is 0 Å². The van der Waals surface area contributed by atoms with Crippen molar-refractivity contribution in [1.29, 1.82) is 0 Å². The fourth-order valence-electron chi connectivity index (χ4n) is 0.811. The molecule has 0 heterocycles. The maximum Gasteiger partial charge on any atom is 0.306 e. The molecule has 0 rings (SSSR count). The zero-order chi connectivity index (χ0) is 15.8. The summed E-state index contributed by atoms with van der Waals surface area (Å²) in [6, 6.07) is 0. The van der Waals surface area contributed by atoms with Crippen molar-refractivity contribution < 1.29 is 28.6 Å². The molecule has 0 aliphatic carbocycles. The molecule has 0 aliphatic rings. The highest BCUT2D eigenvalue weighted by Crippen LogP contribution is 2.05. The van der Waals surface area contributed by atoms with Crippen LogP contribution < -0.4 is 0 Å². The Kier molecular flexibility index (Phi) is 17.3. The molecule has 0 spiro atoms. The minimum atomic E-state index is -0.217. The smallest absolute Gasteiger partial charge is 0.306 e. The Bertz CT molecular complexity index is 265. The van der Waals surface area contributed by atoms with Gasteiger partial charge in [-0.3, -0.25) is 14.4 Å². The molecule has 0 aromatic carbocycles. The van der Waals surface area contributed by atoms with Crippen LogP contribution in [0.1, 0.15) is 19.3 Å². The van der Waals surface area contributed by atoms with Crippen molar-refractivity contribution in [3.8, 4) is 0 Å². The van der Waals surface area contributed by atoms with Gasteiger partial charge in [-0.25, -0.2) is 0 Å². The summed E-state index contributed by atoms with van der Waals surface area (Å²) < 4.78 is 13.2. The van der Waals surface area contributed by atoms with Crippen molar-refractivity contribution in [2.75, 3.05) is 38.6 Å². The van der Waals surface area contributed by atoms with Crippen molar-refractivity contribution in [1.82, 2.24) is 0 Å². The first kappa shape index (κ1) is 21.4. The first-order valence-corrected chi connectivity index (χ1v) is 7.69. The first-order chi connectivity index (χ1) is 9.51. The lowest BCUT2D eigenvalue weighted by atomic mass is 10.5. The second-order valence-electron chi connectivity index (χ2n) is 3.31. The lowest BCUT2D eigenvalue weighted by Gasteiger charge is -1.99. The van der Waals surface area contributed by atoms with Gasteiger partial charge in [-0.2, -0.15) is 24.4 Å². The van der Waals surface area contributed by atoms with E-state index in [4.69, 9.17) is 0 Å². The van der Waals surface area contributed by atoms with Gasteiger partial charge in [0, 0.05) is 17.3 Å². The molecule has 6 nitrogen and oxygen atoms in total. The van der Waals surface area contributed by atoms with E-state index in [1.54, 1.807) is 0 Å². The van der Waals surface area contributed by atoms with E-state index in [1.165, 1.54) is 33.1 Å². The lowest BCUT2D eigenvalue weighted by Crippen LogP contribution is -2.04. The largest absolute Gasteiger partial charge is 0.469 e. The molecule has 20 heavy (non-hydrogen) atoms. The number of methoxy groups -OCH3 is 3. The van der Waals surface area contributed by atoms with E-state index in [2.05, 4.69) is 26.8 Å². The number of hydrogen-bond acceptors (Lipinski definition) is 8. The Labute approximate surface area is 129 Å². The number of thioether (sulfide) groups is 1. The fourth-order valence-corrected chi connectivity index (χ4v) is 1.82. The van der Waals surface area contributed by atoms with E-state index in [0.717, 1.165) is 0 Å². The average molecular weight is 326 g/mol. The Morgan fingerprint density at radius 3 is 1.40 bits per heavy atom. The van der Waals surface area contributed by atoms with Gasteiger partial charge < -0.3 is 14.2 Å². The van der Waals surface area contributed by atoms with Crippen molar-refractivity contribution in [3.63, 3.8) is 0 Å². The molecule has 0 saturated heterocycles. The zero-order valence-corrected chi connectivity index (χ0v) is 13.8. The third-order valence-electron chi connectivity index (χ3n) is 1.90. The molecule has 8 heteroatoms. The molecule has 0 saturated carbocycles. The summed E-state index contributed by atoms with van der Waals surface area (Å²) in [7, 11) is 4.09. The summed E-state index contributed by atoms with van der Waals surface area (Å²) in [5, 5.41) is 0. The van der Waals surface area contributed by atoms with Gasteiger partial charge in [-0.15, -0.1) is 0 Å². The highest BCUT2D eigenvalue weighted by atomic mass is 32.2. The van der Waals surface area contributed by atoms with Crippen LogP contribution in [0, 0.1) is 0 Å². The molecule has 0 N–H and O–H groups in total. The van der Waals surface area contributed by atoms with Crippen molar-refractivity contribution >= 4 is 42.3 Å². The molecule has 0 aliphatic heterocycles. The third kappa shape index (κ3) is 17.1. The van der Waals surface area contributed by atoms with Gasteiger partial charge in [0.2, 0.25) is 0 Å². The second kappa shape index (κ2) is 16.2. The van der Waals surface area contributed by atoms with Gasteiger partial charge in [0.25, 0.3) is 0 Å². The predicted molar refractivity (Wildman–Crippen MR) is 81.1 cm³/mol. The Morgan fingerprint density at radius 2 is 1.15 bits per heavy atom. The van der Waals surface area contributed by atoms with Gasteiger partial charge in [0.15, 0.2) is 0 Å². The van der Waals surface area contributed by atoms with Gasteiger partial charge in [0.1, 0.15) is 0 Å². The lowest BCUT2D eigenvalue weighted by molar-refractivity contribution is -0.141. The van der Waals surface area contributed by atoms with E-state index in [-0.39, 0.29) is 17.9 Å². The van der Waals surface area contributed by atoms with E-state index in [0.29, 0.717) is 36.5 Å². The number of hydrogen-bond donors (Lipinski definition) is 1. The normalized spacial score (nSPS) is 9.00. The molecule has 0 radical (unpaired) electrons. The Balaban J connectivity index is 0. The Hall–Kier alpha value is -0.890. The first-order valence-electron chi connectivity index (χ1n) is 5.90. The summed E-state index contributed by atoms with van der Waals surface area (Å²) in [6.07, 6.45) is 1.18. The molecule has 0 bridgehead atoms. The standard InChI is InChI=1S/C8H14O4S.C4H8O2S/c1-11-7(9)3-5-13-6-4-8(10)12-2;1-6-4(5)2-3-7/h3-6H2,1-2H3;7H,2-3H2,1H3. The van der Waals surface area contributed by atoms with Crippen LogP contribution in [0.15, 0.2) is 0 Å². The van der Waals surface area contributed by atoms with Crippen LogP contribution in [0.5, 0.6) is 0 Å². The van der Waals surface area contributed by atoms with Gasteiger partial charge in [-0.1, -0.05) is 0 Å². The quantitative estimate of drug-likeness (QED) is 0.312. The summed E-state index contributed by atoms with van der Waals surface area (Å²) in [4.78, 5) is 31.4. The number of carbonyl (C=O) groups is 3. The predicted octanol–water partition coefficient (Wildman–Crippen LogP) is 1.33. The fraction of sp³-hybridized carbons (Fsp3) is 0.750. The summed E-state index contributed by atoms with van der Waals surface area (Å²) in [6.45, 7) is 0. The molecule has 0 amide bonds. The van der Waals surface area contributed by atoms with Gasteiger partial charge in [-0.05, 0) is 0 Å². The van der Waals surface area contributed by atoms with E-state index >= 15 is 0 Å². The van der Waals surface area contributed by atoms with Crippen LogP contribution >= 0.6 is 24.4 Å². The minimum Gasteiger partial charge on any atom is -0.469 e. The van der Waals surface area contributed by atoms with Crippen molar-refractivity contribution in [3.05, 3.63) is 0 Å². The average Bonchev–Trinajstić information content (AvgIpc) is 2.47. The van der Waals surface area contributed by atoms with Crippen molar-refractivity contribution in [2.45, 2.75) is 19.3 Å². The number of ether oxygens (including phenoxy) is 3. The topological polar surface area (TPSA) is 78.9 Å². The summed E-state index contributed by atoms with van der Waals surface area (Å²) in [5.41, 5.74) is 0. The number of rotatable bonds is 8. The molecule has 0 unspecified atom stereocenters. The molecular formula is C12H22O6S2. The SMILES string of the molecule is COC(=O)CCS.COC(=O)CCSCCC(=O)OC. The van der Waals surface area contributed by atoms with Crippen LogP contribution in [0.3, 0.4) is 0 Å². The second-order valence-corrected chi connectivity index (χ2v) is 4.99. The third-order valence-corrected chi connectivity index (χ3v) is 3.11. The molecule has 0 fully saturated rings. The molecule has 0 aromatic rings. The van der Waals surface area contributed by atoms with Crippen LogP contribution in [0.25, 0.3) is 0 Å². The molecule has 118 valence electrons. The Morgan fingerprint density at radius 1 is 0.800 bits per heavy atom. The van der Waals surface area contributed by atoms with E-state index in [9.17, 15) is 14.4 Å². The number of esters is 3. The van der Waals surface area contributed by atoms with Gasteiger partial charge in [0.05, 0.1) is 40.6 Å². The highest BCUT2D eigenvalue weighted by Gasteiger charge is 2.02. The zero-order valence-electron chi connectivity index (χ0n) is 12.0.